The Kier molecular flexibility index (Phi) is 5.91. The third-order valence-electron chi connectivity index (χ3n) is 3.48. The number of aryl methyl sites for hydroxylation is 1. The van der Waals surface area contributed by atoms with Gasteiger partial charge < -0.3 is 10.3 Å². The van der Waals surface area contributed by atoms with E-state index < -0.39 is 5.56 Å². The van der Waals surface area contributed by atoms with E-state index in [0.717, 1.165) is 22.1 Å². The van der Waals surface area contributed by atoms with Crippen LogP contribution in [0.5, 0.6) is 0 Å². The van der Waals surface area contributed by atoms with Gasteiger partial charge in [-0.3, -0.25) is 19.8 Å². The minimum absolute atomic E-state index is 0.0184. The molecular weight excluding hydrogens is 388 g/mol. The Morgan fingerprint density at radius 1 is 1.37 bits per heavy atom. The lowest BCUT2D eigenvalue weighted by molar-refractivity contribution is -0.117. The number of rotatable bonds is 7. The molecule has 0 aliphatic carbocycles. The molecule has 0 aliphatic heterocycles. The summed E-state index contributed by atoms with van der Waals surface area (Å²) in [5, 5.41) is 5.16. The number of anilines is 1. The third-order valence-corrected chi connectivity index (χ3v) is 5.11. The Hall–Kier alpha value is -2.66. The molecule has 0 saturated heterocycles. The summed E-state index contributed by atoms with van der Waals surface area (Å²) < 4.78 is 1.09. The predicted molar refractivity (Wildman–Crippen MR) is 106 cm³/mol. The van der Waals surface area contributed by atoms with Crippen molar-refractivity contribution in [2.24, 2.45) is 0 Å². The molecule has 9 nitrogen and oxygen atoms in total. The van der Waals surface area contributed by atoms with E-state index >= 15 is 0 Å². The lowest BCUT2D eigenvalue weighted by atomic mass is 10.3. The molecular formula is C16H18N6O3S2. The third kappa shape index (κ3) is 4.55. The molecule has 3 heterocycles. The minimum atomic E-state index is -0.416. The second-order valence-electron chi connectivity index (χ2n) is 5.71. The van der Waals surface area contributed by atoms with Crippen LogP contribution in [0.2, 0.25) is 0 Å². The highest BCUT2D eigenvalue weighted by molar-refractivity contribution is 7.99. The number of thioether (sulfide) groups is 1. The molecule has 27 heavy (non-hydrogen) atoms. The molecule has 0 aliphatic rings. The van der Waals surface area contributed by atoms with Gasteiger partial charge in [-0.1, -0.05) is 18.7 Å². The Morgan fingerprint density at radius 2 is 2.19 bits per heavy atom. The fraction of sp³-hybridized carbons (Fsp3) is 0.312. The highest BCUT2D eigenvalue weighted by atomic mass is 32.2. The normalized spacial score (nSPS) is 10.9. The maximum absolute atomic E-state index is 12.8. The van der Waals surface area contributed by atoms with Crippen molar-refractivity contribution in [1.29, 1.82) is 0 Å². The second kappa shape index (κ2) is 8.35. The van der Waals surface area contributed by atoms with Crippen molar-refractivity contribution in [3.63, 3.8) is 0 Å². The largest absolute Gasteiger partial charge is 0.353 e. The first-order chi connectivity index (χ1) is 13.0. The summed E-state index contributed by atoms with van der Waals surface area (Å²) in [5.41, 5.74) is 3.73. The zero-order chi connectivity index (χ0) is 19.4. The molecule has 2 amide bonds. The summed E-state index contributed by atoms with van der Waals surface area (Å²) in [6, 6.07) is 1.74. The van der Waals surface area contributed by atoms with Crippen molar-refractivity contribution in [3.8, 4) is 0 Å². The van der Waals surface area contributed by atoms with Gasteiger partial charge in [0.2, 0.25) is 11.8 Å². The summed E-state index contributed by atoms with van der Waals surface area (Å²) >= 11 is 2.38. The van der Waals surface area contributed by atoms with Gasteiger partial charge in [0.25, 0.3) is 5.56 Å². The number of carbonyl (C=O) groups excluding carboxylic acids is 2. The van der Waals surface area contributed by atoms with Crippen LogP contribution in [0, 0.1) is 6.92 Å². The number of fused-ring (bicyclic) bond motifs is 1. The van der Waals surface area contributed by atoms with E-state index in [-0.39, 0.29) is 29.1 Å². The molecule has 0 unspecified atom stereocenters. The van der Waals surface area contributed by atoms with Gasteiger partial charge in [0, 0.05) is 23.7 Å². The first kappa shape index (κ1) is 19.1. The van der Waals surface area contributed by atoms with Gasteiger partial charge >= 0.3 is 0 Å². The van der Waals surface area contributed by atoms with Crippen LogP contribution >= 0.6 is 23.1 Å². The van der Waals surface area contributed by atoms with E-state index in [2.05, 4.69) is 25.7 Å². The molecule has 0 radical (unpaired) electrons. The lowest BCUT2D eigenvalue weighted by Gasteiger charge is -2.12. The number of hydrogen-bond donors (Lipinski definition) is 3. The van der Waals surface area contributed by atoms with Crippen LogP contribution in [0.3, 0.4) is 0 Å². The predicted octanol–water partition coefficient (Wildman–Crippen LogP) is 2.09. The van der Waals surface area contributed by atoms with Crippen LogP contribution in [0.4, 0.5) is 5.13 Å². The van der Waals surface area contributed by atoms with Crippen LogP contribution in [-0.4, -0.2) is 37.2 Å². The highest BCUT2D eigenvalue weighted by Gasteiger charge is 2.17. The molecule has 3 N–H and O–H groups in total. The van der Waals surface area contributed by atoms with Crippen LogP contribution in [0.1, 0.15) is 25.5 Å². The molecule has 142 valence electrons. The first-order valence-corrected chi connectivity index (χ1v) is 10.1. The quantitative estimate of drug-likeness (QED) is 0.408. The zero-order valence-corrected chi connectivity index (χ0v) is 16.4. The Labute approximate surface area is 162 Å². The number of hydrogen-bond acceptors (Lipinski definition) is 7. The molecule has 11 heteroatoms. The molecule has 0 spiro atoms. The summed E-state index contributed by atoms with van der Waals surface area (Å²) in [6.45, 7) is 3.69. The Bertz CT molecular complexity index is 1020. The van der Waals surface area contributed by atoms with E-state index in [1.807, 2.05) is 13.8 Å². The zero-order valence-electron chi connectivity index (χ0n) is 14.7. The molecule has 0 saturated carbocycles. The van der Waals surface area contributed by atoms with Crippen molar-refractivity contribution in [3.05, 3.63) is 33.7 Å². The standard InChI is InChI=1S/C16H18N6O3S2/c1-3-4-11(23)21-22-14(25)13-10(7-9(2)18-13)19-16(22)27-8-12(24)20-15-17-5-6-26-15/h5-7,18H,3-4,8H2,1-2H3,(H,21,23)(H,17,20,24). The van der Waals surface area contributed by atoms with Gasteiger partial charge in [-0.15, -0.1) is 11.3 Å². The van der Waals surface area contributed by atoms with Crippen molar-refractivity contribution in [2.45, 2.75) is 31.8 Å². The van der Waals surface area contributed by atoms with E-state index in [9.17, 15) is 14.4 Å². The van der Waals surface area contributed by atoms with Gasteiger partial charge in [0.1, 0.15) is 5.52 Å². The van der Waals surface area contributed by atoms with Crippen LogP contribution in [-0.2, 0) is 9.59 Å². The topological polar surface area (TPSA) is 122 Å². The van der Waals surface area contributed by atoms with Crippen molar-refractivity contribution in [1.82, 2.24) is 19.6 Å². The fourth-order valence-corrected chi connectivity index (χ4v) is 3.65. The first-order valence-electron chi connectivity index (χ1n) is 8.22. The maximum Gasteiger partial charge on any atom is 0.297 e. The fourth-order valence-electron chi connectivity index (χ4n) is 2.35. The number of nitrogens with zero attached hydrogens (tertiary/aromatic N) is 3. The van der Waals surface area contributed by atoms with E-state index in [4.69, 9.17) is 0 Å². The summed E-state index contributed by atoms with van der Waals surface area (Å²) in [6.07, 6.45) is 2.53. The van der Waals surface area contributed by atoms with Crippen LogP contribution < -0.4 is 16.3 Å². The number of nitrogens with one attached hydrogen (secondary N) is 3. The smallest absolute Gasteiger partial charge is 0.297 e. The van der Waals surface area contributed by atoms with Crippen molar-refractivity contribution in [2.75, 3.05) is 16.5 Å². The minimum Gasteiger partial charge on any atom is -0.353 e. The average Bonchev–Trinajstić information content (AvgIpc) is 3.25. The van der Waals surface area contributed by atoms with E-state index in [0.29, 0.717) is 22.6 Å². The average molecular weight is 406 g/mol. The Morgan fingerprint density at radius 3 is 2.89 bits per heavy atom. The number of aromatic nitrogens is 4. The molecule has 0 atom stereocenters. The number of carbonyl (C=O) groups is 2. The molecule has 3 rings (SSSR count). The highest BCUT2D eigenvalue weighted by Crippen LogP contribution is 2.18. The number of aromatic amines is 1. The number of thiazole rings is 1. The molecule has 3 aromatic heterocycles. The monoisotopic (exact) mass is 406 g/mol. The van der Waals surface area contributed by atoms with E-state index in [1.165, 1.54) is 11.3 Å². The van der Waals surface area contributed by atoms with Gasteiger partial charge in [-0.25, -0.2) is 9.97 Å². The van der Waals surface area contributed by atoms with Crippen molar-refractivity contribution >= 4 is 51.1 Å². The molecule has 0 fully saturated rings. The van der Waals surface area contributed by atoms with Gasteiger partial charge in [-0.05, 0) is 19.4 Å². The van der Waals surface area contributed by atoms with E-state index in [1.54, 1.807) is 17.6 Å². The lowest BCUT2D eigenvalue weighted by Crippen LogP contribution is -2.35. The molecule has 3 aromatic rings. The van der Waals surface area contributed by atoms with Gasteiger partial charge in [0.15, 0.2) is 10.3 Å². The molecule has 0 aromatic carbocycles. The number of amides is 2. The maximum atomic E-state index is 12.8. The van der Waals surface area contributed by atoms with Gasteiger partial charge in [-0.2, -0.15) is 4.68 Å². The van der Waals surface area contributed by atoms with Crippen LogP contribution in [0.25, 0.3) is 11.0 Å². The van der Waals surface area contributed by atoms with Crippen LogP contribution in [0.15, 0.2) is 27.6 Å². The van der Waals surface area contributed by atoms with Gasteiger partial charge in [0.05, 0.1) is 11.3 Å². The molecule has 0 bridgehead atoms. The number of H-pyrrole nitrogens is 1. The Balaban J connectivity index is 1.86. The second-order valence-corrected chi connectivity index (χ2v) is 7.54. The summed E-state index contributed by atoms with van der Waals surface area (Å²) in [4.78, 5) is 48.2. The summed E-state index contributed by atoms with van der Waals surface area (Å²) in [7, 11) is 0. The SMILES string of the molecule is CCCC(=O)Nn1c(SCC(=O)Nc2nccs2)nc2cc(C)[nH]c2c1=O. The van der Waals surface area contributed by atoms with Crippen molar-refractivity contribution < 1.29 is 9.59 Å². The summed E-state index contributed by atoms with van der Waals surface area (Å²) in [5.74, 6) is -0.552.